The summed E-state index contributed by atoms with van der Waals surface area (Å²) in [7, 11) is 0. The van der Waals surface area contributed by atoms with Gasteiger partial charge in [0.2, 0.25) is 0 Å². The number of nitrogens with one attached hydrogen (secondary N) is 1. The third-order valence-electron chi connectivity index (χ3n) is 1.26. The molecule has 0 aromatic carbocycles. The third-order valence-corrected chi connectivity index (χ3v) is 1.26. The van der Waals surface area contributed by atoms with Gasteiger partial charge in [-0.25, -0.2) is 5.01 Å². The molecule has 0 aliphatic carbocycles. The van der Waals surface area contributed by atoms with Crippen molar-refractivity contribution in [3.63, 3.8) is 0 Å². The monoisotopic (exact) mass is 127 g/mol. The third kappa shape index (κ3) is 1.79. The fourth-order valence-corrected chi connectivity index (χ4v) is 0.799. The predicted octanol–water partition coefficient (Wildman–Crippen LogP) is 0.117. The molecule has 1 aliphatic rings. The molecule has 0 saturated carbocycles. The van der Waals surface area contributed by atoms with Crippen LogP contribution < -0.4 is 5.32 Å². The first-order valence-corrected chi connectivity index (χ1v) is 2.94. The molecule has 1 aliphatic heterocycles. The highest BCUT2D eigenvalue weighted by Crippen LogP contribution is 1.91. The molecule has 1 fully saturated rings. The van der Waals surface area contributed by atoms with E-state index in [0.717, 1.165) is 26.2 Å². The maximum atomic E-state index is 8.01. The van der Waals surface area contributed by atoms with Crippen LogP contribution in [0.1, 0.15) is 0 Å². The van der Waals surface area contributed by atoms with E-state index in [0.29, 0.717) is 0 Å². The average molecular weight is 127 g/mol. The zero-order chi connectivity index (χ0) is 6.53. The summed E-state index contributed by atoms with van der Waals surface area (Å²) < 4.78 is 0. The van der Waals surface area contributed by atoms with Crippen molar-refractivity contribution in [1.29, 1.82) is 0 Å². The lowest BCUT2D eigenvalue weighted by molar-refractivity contribution is 0.248. The zero-order valence-corrected chi connectivity index (χ0v) is 5.12. The Morgan fingerprint density at radius 2 is 2.11 bits per heavy atom. The molecule has 1 saturated heterocycles. The molecule has 50 valence electrons. The quantitative estimate of drug-likeness (QED) is 0.309. The second-order valence-corrected chi connectivity index (χ2v) is 1.88. The summed E-state index contributed by atoms with van der Waals surface area (Å²) in [6, 6.07) is 0. The Morgan fingerprint density at radius 3 is 2.67 bits per heavy atom. The topological polar surface area (TPSA) is 64.0 Å². The highest BCUT2D eigenvalue weighted by atomic mass is 15.5. The van der Waals surface area contributed by atoms with Gasteiger partial charge in [-0.3, -0.25) is 0 Å². The zero-order valence-electron chi connectivity index (χ0n) is 5.12. The molecule has 0 spiro atoms. The van der Waals surface area contributed by atoms with E-state index in [1.165, 1.54) is 0 Å². The van der Waals surface area contributed by atoms with Crippen molar-refractivity contribution in [2.75, 3.05) is 26.2 Å². The van der Waals surface area contributed by atoms with Gasteiger partial charge in [-0.2, -0.15) is 4.91 Å². The summed E-state index contributed by atoms with van der Waals surface area (Å²) in [5, 5.41) is 8.32. The molecular formula is C4H9N5. The first-order valence-electron chi connectivity index (χ1n) is 2.94. The minimum Gasteiger partial charge on any atom is -0.309 e. The fraction of sp³-hybridized carbons (Fsp3) is 1.00. The molecular weight excluding hydrogens is 118 g/mol. The maximum absolute atomic E-state index is 8.01. The smallest absolute Gasteiger partial charge is 0.101 e. The SMILES string of the molecule is [N-]=[N+]=NN1CCNCC1. The van der Waals surface area contributed by atoms with Gasteiger partial charge in [-0.1, -0.05) is 0 Å². The predicted molar refractivity (Wildman–Crippen MR) is 33.6 cm³/mol. The standard InChI is InChI=1S/C4H9N5/c5-7-8-9-3-1-6-2-4-9/h6H,1-4H2. The van der Waals surface area contributed by atoms with Crippen molar-refractivity contribution in [2.24, 2.45) is 5.22 Å². The fourth-order valence-electron chi connectivity index (χ4n) is 0.799. The molecule has 5 nitrogen and oxygen atoms in total. The Labute approximate surface area is 53.2 Å². The van der Waals surface area contributed by atoms with Crippen LogP contribution >= 0.6 is 0 Å². The van der Waals surface area contributed by atoms with Gasteiger partial charge in [-0.15, -0.1) is 5.53 Å². The molecule has 0 radical (unpaired) electrons. The Hall–Kier alpha value is -0.930. The maximum Gasteiger partial charge on any atom is 0.101 e. The highest BCUT2D eigenvalue weighted by Gasteiger charge is 2.07. The first-order chi connectivity index (χ1) is 4.43. The molecule has 0 amide bonds. The van der Waals surface area contributed by atoms with Gasteiger partial charge < -0.3 is 5.32 Å². The number of hydrogen-bond acceptors (Lipinski definition) is 2. The second kappa shape index (κ2) is 3.17. The minimum absolute atomic E-state index is 0.823. The van der Waals surface area contributed by atoms with Crippen LogP contribution in [-0.4, -0.2) is 31.2 Å². The minimum atomic E-state index is 0.823. The van der Waals surface area contributed by atoms with Crippen LogP contribution in [-0.2, 0) is 0 Å². The van der Waals surface area contributed by atoms with Gasteiger partial charge >= 0.3 is 0 Å². The van der Waals surface area contributed by atoms with Crippen molar-refractivity contribution in [3.8, 4) is 0 Å². The van der Waals surface area contributed by atoms with Crippen LogP contribution in [0.15, 0.2) is 5.22 Å². The lowest BCUT2D eigenvalue weighted by atomic mass is 10.4. The van der Waals surface area contributed by atoms with Crippen LogP contribution in [0, 0.1) is 0 Å². The van der Waals surface area contributed by atoms with E-state index in [-0.39, 0.29) is 0 Å². The summed E-state index contributed by atoms with van der Waals surface area (Å²) in [6.07, 6.45) is 0. The van der Waals surface area contributed by atoms with E-state index in [9.17, 15) is 0 Å². The summed E-state index contributed by atoms with van der Waals surface area (Å²) in [5.74, 6) is 0. The molecule has 5 heteroatoms. The number of rotatable bonds is 1. The second-order valence-electron chi connectivity index (χ2n) is 1.88. The Morgan fingerprint density at radius 1 is 1.44 bits per heavy atom. The van der Waals surface area contributed by atoms with Crippen LogP contribution in [0.3, 0.4) is 0 Å². The van der Waals surface area contributed by atoms with Gasteiger partial charge in [-0.05, 0) is 5.22 Å². The van der Waals surface area contributed by atoms with E-state index >= 15 is 0 Å². The molecule has 0 aromatic rings. The molecule has 0 atom stereocenters. The van der Waals surface area contributed by atoms with Gasteiger partial charge in [0.15, 0.2) is 0 Å². The average Bonchev–Trinajstić information content (AvgIpc) is 1.91. The molecule has 1 heterocycles. The van der Waals surface area contributed by atoms with Crippen molar-refractivity contribution in [3.05, 3.63) is 10.4 Å². The number of piperazine rings is 1. The van der Waals surface area contributed by atoms with Crippen molar-refractivity contribution in [2.45, 2.75) is 0 Å². The van der Waals surface area contributed by atoms with E-state index < -0.39 is 0 Å². The molecule has 0 unspecified atom stereocenters. The van der Waals surface area contributed by atoms with Gasteiger partial charge in [0.1, 0.15) is 13.1 Å². The van der Waals surface area contributed by atoms with Crippen LogP contribution in [0.4, 0.5) is 0 Å². The molecule has 0 aromatic heterocycles. The Bertz CT molecular complexity index is 121. The van der Waals surface area contributed by atoms with E-state index in [2.05, 4.69) is 15.5 Å². The van der Waals surface area contributed by atoms with Crippen molar-refractivity contribution >= 4 is 0 Å². The van der Waals surface area contributed by atoms with Gasteiger partial charge in [0.25, 0.3) is 0 Å². The van der Waals surface area contributed by atoms with Crippen LogP contribution in [0.2, 0.25) is 0 Å². The van der Waals surface area contributed by atoms with E-state index in [1.54, 1.807) is 5.01 Å². The molecule has 1 rings (SSSR count). The van der Waals surface area contributed by atoms with E-state index in [4.69, 9.17) is 5.53 Å². The summed E-state index contributed by atoms with van der Waals surface area (Å²) in [6.45, 7) is 3.48. The lowest BCUT2D eigenvalue weighted by Gasteiger charge is -2.18. The largest absolute Gasteiger partial charge is 0.309 e. The number of hydrogen-bond donors (Lipinski definition) is 1. The lowest BCUT2D eigenvalue weighted by Crippen LogP contribution is -2.40. The summed E-state index contributed by atoms with van der Waals surface area (Å²) >= 11 is 0. The van der Waals surface area contributed by atoms with Crippen molar-refractivity contribution in [1.82, 2.24) is 10.3 Å². The summed E-state index contributed by atoms with van der Waals surface area (Å²) in [4.78, 5) is 2.68. The van der Waals surface area contributed by atoms with E-state index in [1.807, 2.05) is 0 Å². The number of nitrogens with zero attached hydrogens (tertiary/aromatic N) is 4. The Balaban J connectivity index is 2.31. The normalized spacial score (nSPS) is 18.9. The van der Waals surface area contributed by atoms with Crippen molar-refractivity contribution < 1.29 is 0 Å². The van der Waals surface area contributed by atoms with Crippen LogP contribution in [0.5, 0.6) is 0 Å². The van der Waals surface area contributed by atoms with Crippen LogP contribution in [0.25, 0.3) is 10.4 Å². The molecule has 9 heavy (non-hydrogen) atoms. The molecule has 1 N–H and O–H groups in total. The molecule has 0 bridgehead atoms. The highest BCUT2D eigenvalue weighted by molar-refractivity contribution is 4.63. The van der Waals surface area contributed by atoms with Gasteiger partial charge in [0.05, 0.1) is 0 Å². The first kappa shape index (κ1) is 6.19. The summed E-state index contributed by atoms with van der Waals surface area (Å²) in [5.41, 5.74) is 8.01. The number of azide groups is 1. The van der Waals surface area contributed by atoms with Gasteiger partial charge in [0, 0.05) is 13.1 Å². The Kier molecular flexibility index (Phi) is 2.18.